The Hall–Kier alpha value is -2.01. The quantitative estimate of drug-likeness (QED) is 0.545. The van der Waals surface area contributed by atoms with Crippen molar-refractivity contribution < 1.29 is 0 Å². The summed E-state index contributed by atoms with van der Waals surface area (Å²) in [7, 11) is 0. The third kappa shape index (κ3) is 3.50. The Morgan fingerprint density at radius 2 is 1.91 bits per heavy atom. The van der Waals surface area contributed by atoms with E-state index in [2.05, 4.69) is 51.8 Å². The first kappa shape index (κ1) is 15.9. The molecule has 0 aliphatic carbocycles. The molecule has 0 fully saturated rings. The van der Waals surface area contributed by atoms with Crippen LogP contribution in [0.2, 0.25) is 0 Å². The van der Waals surface area contributed by atoms with Gasteiger partial charge in [-0.15, -0.1) is 11.8 Å². The van der Waals surface area contributed by atoms with Gasteiger partial charge in [0.25, 0.3) is 0 Å². The molecular weight excluding hydrogens is 304 g/mol. The van der Waals surface area contributed by atoms with E-state index in [9.17, 15) is 0 Å². The van der Waals surface area contributed by atoms with Crippen molar-refractivity contribution in [1.29, 1.82) is 0 Å². The second-order valence-electron chi connectivity index (χ2n) is 5.70. The van der Waals surface area contributed by atoms with E-state index in [0.29, 0.717) is 5.82 Å². The number of unbranched alkanes of at least 4 members (excludes halogenated alkanes) is 1. The summed E-state index contributed by atoms with van der Waals surface area (Å²) in [5, 5.41) is 0. The lowest BCUT2D eigenvalue weighted by Gasteiger charge is -2.09. The van der Waals surface area contributed by atoms with Gasteiger partial charge in [-0.2, -0.15) is 0 Å². The number of benzene rings is 1. The van der Waals surface area contributed by atoms with Crippen LogP contribution in [0.5, 0.6) is 0 Å². The molecule has 0 amide bonds. The largest absolute Gasteiger partial charge is 0.382 e. The third-order valence-corrected chi connectivity index (χ3v) is 5.06. The molecule has 0 spiro atoms. The number of imidazole rings is 1. The highest BCUT2D eigenvalue weighted by molar-refractivity contribution is 7.99. The second-order valence-corrected chi connectivity index (χ2v) is 6.87. The summed E-state index contributed by atoms with van der Waals surface area (Å²) in [6.07, 6.45) is 4.15. The van der Waals surface area contributed by atoms with E-state index in [1.165, 1.54) is 11.3 Å². The number of aryl methyl sites for hydroxylation is 3. The second kappa shape index (κ2) is 7.04. The van der Waals surface area contributed by atoms with E-state index in [1.807, 2.05) is 24.9 Å². The summed E-state index contributed by atoms with van der Waals surface area (Å²) in [6, 6.07) is 10.6. The summed E-state index contributed by atoms with van der Waals surface area (Å²) in [5.41, 5.74) is 9.06. The Kier molecular flexibility index (Phi) is 4.86. The molecule has 5 heteroatoms. The number of rotatable bonds is 6. The zero-order chi connectivity index (χ0) is 16.2. The van der Waals surface area contributed by atoms with Crippen molar-refractivity contribution in [2.75, 3.05) is 11.5 Å². The molecule has 2 heterocycles. The number of aromatic nitrogens is 3. The molecule has 0 atom stereocenters. The van der Waals surface area contributed by atoms with Gasteiger partial charge in [-0.3, -0.25) is 0 Å². The lowest BCUT2D eigenvalue weighted by Crippen LogP contribution is -2.02. The maximum absolute atomic E-state index is 5.96. The number of hydrogen-bond acceptors (Lipinski definition) is 4. The van der Waals surface area contributed by atoms with Crippen LogP contribution in [0.4, 0.5) is 5.82 Å². The van der Waals surface area contributed by atoms with E-state index in [1.54, 1.807) is 0 Å². The van der Waals surface area contributed by atoms with Crippen molar-refractivity contribution in [3.05, 3.63) is 47.9 Å². The molecule has 0 unspecified atom stereocenters. The molecule has 23 heavy (non-hydrogen) atoms. The molecule has 3 aromatic rings. The average molecular weight is 326 g/mol. The summed E-state index contributed by atoms with van der Waals surface area (Å²) in [4.78, 5) is 10.1. The van der Waals surface area contributed by atoms with Gasteiger partial charge in [0.2, 0.25) is 0 Å². The highest BCUT2D eigenvalue weighted by Gasteiger charge is 2.12. The van der Waals surface area contributed by atoms with Crippen molar-refractivity contribution in [2.45, 2.75) is 38.1 Å². The van der Waals surface area contributed by atoms with Gasteiger partial charge in [-0.05, 0) is 50.1 Å². The molecule has 0 saturated heterocycles. The Bertz CT molecular complexity index is 796. The topological polar surface area (TPSA) is 56.7 Å². The number of nitrogen functional groups attached to an aromatic ring is 1. The molecule has 4 nitrogen and oxygen atoms in total. The average Bonchev–Trinajstić information content (AvgIpc) is 2.90. The SMILES string of the molecule is Cc1cnc(N)c2nc(C)n(CCCCSc3ccccc3)c12. The van der Waals surface area contributed by atoms with Crippen LogP contribution in [0.1, 0.15) is 24.2 Å². The summed E-state index contributed by atoms with van der Waals surface area (Å²) < 4.78 is 2.27. The number of pyridine rings is 1. The minimum atomic E-state index is 0.520. The van der Waals surface area contributed by atoms with Crippen LogP contribution in [0.15, 0.2) is 41.4 Å². The van der Waals surface area contributed by atoms with Crippen molar-refractivity contribution in [3.63, 3.8) is 0 Å². The molecule has 0 saturated carbocycles. The van der Waals surface area contributed by atoms with Crippen molar-refractivity contribution in [3.8, 4) is 0 Å². The minimum Gasteiger partial charge on any atom is -0.382 e. The zero-order valence-electron chi connectivity index (χ0n) is 13.6. The van der Waals surface area contributed by atoms with Crippen molar-refractivity contribution >= 4 is 28.6 Å². The molecule has 0 aliphatic rings. The molecule has 2 aromatic heterocycles. The Morgan fingerprint density at radius 1 is 1.13 bits per heavy atom. The summed E-state index contributed by atoms with van der Waals surface area (Å²) in [5.74, 6) is 2.67. The first-order valence-corrected chi connectivity index (χ1v) is 8.91. The highest BCUT2D eigenvalue weighted by Crippen LogP contribution is 2.24. The molecule has 1 aromatic carbocycles. The molecule has 120 valence electrons. The van der Waals surface area contributed by atoms with Crippen LogP contribution in [0.3, 0.4) is 0 Å². The fraction of sp³-hybridized carbons (Fsp3) is 0.333. The van der Waals surface area contributed by atoms with Gasteiger partial charge in [-0.25, -0.2) is 9.97 Å². The molecule has 0 aliphatic heterocycles. The highest BCUT2D eigenvalue weighted by atomic mass is 32.2. The molecule has 3 rings (SSSR count). The van der Waals surface area contributed by atoms with Gasteiger partial charge in [0.1, 0.15) is 11.3 Å². The Balaban J connectivity index is 1.61. The molecular formula is C18H22N4S. The smallest absolute Gasteiger partial charge is 0.151 e. The Morgan fingerprint density at radius 3 is 2.70 bits per heavy atom. The minimum absolute atomic E-state index is 0.520. The van der Waals surface area contributed by atoms with E-state index in [4.69, 9.17) is 5.73 Å². The van der Waals surface area contributed by atoms with Gasteiger partial charge in [0, 0.05) is 17.6 Å². The fourth-order valence-corrected chi connectivity index (χ4v) is 3.72. The van der Waals surface area contributed by atoms with Crippen LogP contribution in [-0.4, -0.2) is 20.3 Å². The number of hydrogen-bond donors (Lipinski definition) is 1. The first-order valence-electron chi connectivity index (χ1n) is 7.92. The lowest BCUT2D eigenvalue weighted by atomic mass is 10.2. The normalized spacial score (nSPS) is 11.2. The third-order valence-electron chi connectivity index (χ3n) is 3.96. The monoisotopic (exact) mass is 326 g/mol. The summed E-state index contributed by atoms with van der Waals surface area (Å²) in [6.45, 7) is 5.08. The number of nitrogens with zero attached hydrogens (tertiary/aromatic N) is 3. The summed E-state index contributed by atoms with van der Waals surface area (Å²) >= 11 is 1.92. The predicted octanol–water partition coefficient (Wildman–Crippen LogP) is 4.20. The predicted molar refractivity (Wildman–Crippen MR) is 97.8 cm³/mol. The molecule has 2 N–H and O–H groups in total. The maximum atomic E-state index is 5.96. The van der Waals surface area contributed by atoms with Gasteiger partial charge in [0.15, 0.2) is 5.82 Å². The van der Waals surface area contributed by atoms with E-state index < -0.39 is 0 Å². The van der Waals surface area contributed by atoms with E-state index in [0.717, 1.165) is 41.1 Å². The van der Waals surface area contributed by atoms with Gasteiger partial charge >= 0.3 is 0 Å². The van der Waals surface area contributed by atoms with Crippen molar-refractivity contribution in [1.82, 2.24) is 14.5 Å². The number of fused-ring (bicyclic) bond motifs is 1. The van der Waals surface area contributed by atoms with E-state index >= 15 is 0 Å². The number of nitrogens with two attached hydrogens (primary N) is 1. The standard InChI is InChI=1S/C18H22N4S/c1-13-12-20-18(19)16-17(13)22(14(2)21-16)10-6-7-11-23-15-8-4-3-5-9-15/h3-5,8-9,12H,6-7,10-11H2,1-2H3,(H2,19,20). The van der Waals surface area contributed by atoms with Crippen molar-refractivity contribution in [2.24, 2.45) is 0 Å². The van der Waals surface area contributed by atoms with Gasteiger partial charge in [0.05, 0.1) is 5.52 Å². The van der Waals surface area contributed by atoms with Crippen LogP contribution in [0.25, 0.3) is 11.0 Å². The lowest BCUT2D eigenvalue weighted by molar-refractivity contribution is 0.633. The maximum Gasteiger partial charge on any atom is 0.151 e. The number of anilines is 1. The fourth-order valence-electron chi connectivity index (χ4n) is 2.78. The molecule has 0 radical (unpaired) electrons. The first-order chi connectivity index (χ1) is 11.2. The Labute approximate surface area is 141 Å². The zero-order valence-corrected chi connectivity index (χ0v) is 14.4. The van der Waals surface area contributed by atoms with Gasteiger partial charge in [-0.1, -0.05) is 18.2 Å². The van der Waals surface area contributed by atoms with Crippen LogP contribution in [-0.2, 0) is 6.54 Å². The van der Waals surface area contributed by atoms with Crippen LogP contribution in [0, 0.1) is 13.8 Å². The van der Waals surface area contributed by atoms with Crippen LogP contribution >= 0.6 is 11.8 Å². The van der Waals surface area contributed by atoms with Crippen LogP contribution < -0.4 is 5.73 Å². The molecule has 0 bridgehead atoms. The van der Waals surface area contributed by atoms with E-state index in [-0.39, 0.29) is 0 Å². The van der Waals surface area contributed by atoms with Gasteiger partial charge < -0.3 is 10.3 Å². The number of thioether (sulfide) groups is 1.